The van der Waals surface area contributed by atoms with Gasteiger partial charge in [0.15, 0.2) is 0 Å². The van der Waals surface area contributed by atoms with E-state index in [0.29, 0.717) is 17.9 Å². The van der Waals surface area contributed by atoms with Gasteiger partial charge in [-0.1, -0.05) is 61.0 Å². The average Bonchev–Trinajstić information content (AvgIpc) is 3.20. The summed E-state index contributed by atoms with van der Waals surface area (Å²) in [5, 5.41) is 0.953. The zero-order valence-electron chi connectivity index (χ0n) is 21.4. The number of aromatic nitrogens is 1. The van der Waals surface area contributed by atoms with Crippen molar-refractivity contribution in [3.8, 4) is 11.1 Å². The van der Waals surface area contributed by atoms with Crippen LogP contribution in [0.2, 0.25) is 0 Å². The summed E-state index contributed by atoms with van der Waals surface area (Å²) in [5.41, 5.74) is 10.5. The molecule has 0 aliphatic heterocycles. The van der Waals surface area contributed by atoms with Crippen molar-refractivity contribution < 1.29 is 18.0 Å². The van der Waals surface area contributed by atoms with E-state index in [1.165, 1.54) is 0 Å². The van der Waals surface area contributed by atoms with E-state index in [-0.39, 0.29) is 11.6 Å². The molecule has 1 amide bonds. The van der Waals surface area contributed by atoms with E-state index in [0.717, 1.165) is 38.7 Å². The van der Waals surface area contributed by atoms with Gasteiger partial charge in [-0.25, -0.2) is 13.1 Å². The largest absolute Gasteiger partial charge is 0.363 e. The van der Waals surface area contributed by atoms with Gasteiger partial charge in [0.25, 0.3) is 5.91 Å². The SMILES string of the molecule is CC[C@@H](Cn1cc(-c2cccc(C(=O)C(N)=O)c2)c2ccccc21)NS(=O)(=O)c1c(C)cc(C)cc1C. The highest BCUT2D eigenvalue weighted by Gasteiger charge is 2.24. The number of Topliss-reactive ketones (excluding diaryl/α,β-unsaturated/α-hetero) is 1. The van der Waals surface area contributed by atoms with Gasteiger partial charge in [0.05, 0.1) is 4.90 Å². The first-order valence-electron chi connectivity index (χ1n) is 12.1. The smallest absolute Gasteiger partial charge is 0.289 e. The van der Waals surface area contributed by atoms with Crippen molar-refractivity contribution in [1.82, 2.24) is 9.29 Å². The van der Waals surface area contributed by atoms with Crippen LogP contribution >= 0.6 is 0 Å². The highest BCUT2D eigenvalue weighted by atomic mass is 32.2. The number of nitrogens with zero attached hydrogens (tertiary/aromatic N) is 1. The Morgan fingerprint density at radius 1 is 0.973 bits per heavy atom. The number of carbonyl (C=O) groups excluding carboxylic acids is 2. The molecule has 4 aromatic rings. The van der Waals surface area contributed by atoms with Crippen molar-refractivity contribution in [3.05, 3.63) is 89.1 Å². The number of rotatable bonds is 9. The highest BCUT2D eigenvalue weighted by molar-refractivity contribution is 7.89. The van der Waals surface area contributed by atoms with Gasteiger partial charge < -0.3 is 10.3 Å². The Hall–Kier alpha value is -3.75. The maximum Gasteiger partial charge on any atom is 0.289 e. The van der Waals surface area contributed by atoms with Gasteiger partial charge in [-0.3, -0.25) is 9.59 Å². The lowest BCUT2D eigenvalue weighted by Gasteiger charge is -2.20. The lowest BCUT2D eigenvalue weighted by atomic mass is 10.0. The van der Waals surface area contributed by atoms with Gasteiger partial charge in [-0.15, -0.1) is 0 Å². The van der Waals surface area contributed by atoms with Crippen LogP contribution in [0.1, 0.15) is 40.4 Å². The molecule has 1 atom stereocenters. The molecule has 8 heteroatoms. The molecule has 0 saturated carbocycles. The molecule has 7 nitrogen and oxygen atoms in total. The summed E-state index contributed by atoms with van der Waals surface area (Å²) in [5.74, 6) is -1.75. The number of benzene rings is 3. The fourth-order valence-electron chi connectivity index (χ4n) is 4.95. The van der Waals surface area contributed by atoms with E-state index >= 15 is 0 Å². The zero-order chi connectivity index (χ0) is 26.9. The Bertz CT molecular complexity index is 1600. The topological polar surface area (TPSA) is 111 Å². The van der Waals surface area contributed by atoms with Crippen LogP contribution in [0, 0.1) is 20.8 Å². The highest BCUT2D eigenvalue weighted by Crippen LogP contribution is 2.32. The Labute approximate surface area is 217 Å². The Balaban J connectivity index is 1.70. The molecule has 3 N–H and O–H groups in total. The second-order valence-electron chi connectivity index (χ2n) is 9.44. The number of ketones is 1. The predicted molar refractivity (Wildman–Crippen MR) is 146 cm³/mol. The van der Waals surface area contributed by atoms with Gasteiger partial charge >= 0.3 is 0 Å². The van der Waals surface area contributed by atoms with Crippen LogP contribution in [0.4, 0.5) is 0 Å². The van der Waals surface area contributed by atoms with Crippen molar-refractivity contribution in [2.24, 2.45) is 5.73 Å². The van der Waals surface area contributed by atoms with Crippen molar-refractivity contribution in [3.63, 3.8) is 0 Å². The summed E-state index contributed by atoms with van der Waals surface area (Å²) in [6, 6.07) is 18.0. The van der Waals surface area contributed by atoms with E-state index in [1.54, 1.807) is 18.2 Å². The van der Waals surface area contributed by atoms with Crippen LogP contribution in [-0.4, -0.2) is 30.7 Å². The standard InChI is InChI=1S/C29H31N3O4S/c1-5-23(31-37(35,36)28-19(3)13-18(2)14-20(28)4)16-32-17-25(24-11-6-7-12-26(24)32)21-9-8-10-22(15-21)27(33)29(30)34/h6-15,17,23,31H,5,16H2,1-4H3,(H2,30,34)/t23-/m0/s1. The van der Waals surface area contributed by atoms with E-state index in [9.17, 15) is 18.0 Å². The second kappa shape index (κ2) is 10.3. The first kappa shape index (κ1) is 26.3. The van der Waals surface area contributed by atoms with Crippen LogP contribution in [0.15, 0.2) is 71.8 Å². The minimum atomic E-state index is -3.74. The first-order valence-corrected chi connectivity index (χ1v) is 13.6. The van der Waals surface area contributed by atoms with E-state index in [2.05, 4.69) is 4.72 Å². The summed E-state index contributed by atoms with van der Waals surface area (Å²) in [4.78, 5) is 23.9. The molecule has 1 heterocycles. The monoisotopic (exact) mass is 517 g/mol. The number of sulfonamides is 1. The number of nitrogens with one attached hydrogen (secondary N) is 1. The van der Waals surface area contributed by atoms with Crippen molar-refractivity contribution in [2.45, 2.75) is 51.6 Å². The number of primary amides is 1. The summed E-state index contributed by atoms with van der Waals surface area (Å²) in [6.45, 7) is 7.96. The number of para-hydroxylation sites is 1. The Morgan fingerprint density at radius 3 is 2.30 bits per heavy atom. The van der Waals surface area contributed by atoms with Crippen LogP contribution in [0.3, 0.4) is 0 Å². The molecule has 0 saturated heterocycles. The minimum Gasteiger partial charge on any atom is -0.363 e. The lowest BCUT2D eigenvalue weighted by Crippen LogP contribution is -2.38. The van der Waals surface area contributed by atoms with Gasteiger partial charge in [-0.05, 0) is 56.0 Å². The molecular weight excluding hydrogens is 486 g/mol. The zero-order valence-corrected chi connectivity index (χ0v) is 22.2. The third-order valence-electron chi connectivity index (χ3n) is 6.55. The molecule has 0 unspecified atom stereocenters. The van der Waals surface area contributed by atoms with E-state index in [4.69, 9.17) is 5.73 Å². The summed E-state index contributed by atoms with van der Waals surface area (Å²) in [6.07, 6.45) is 2.55. The summed E-state index contributed by atoms with van der Waals surface area (Å²) in [7, 11) is -3.74. The number of hydrogen-bond donors (Lipinski definition) is 2. The second-order valence-corrected chi connectivity index (χ2v) is 11.1. The normalized spacial score (nSPS) is 12.5. The molecule has 0 bridgehead atoms. The van der Waals surface area contributed by atoms with Crippen molar-refractivity contribution in [2.75, 3.05) is 0 Å². The van der Waals surface area contributed by atoms with Crippen LogP contribution in [-0.2, 0) is 21.4 Å². The molecule has 0 aliphatic carbocycles. The number of fused-ring (bicyclic) bond motifs is 1. The fourth-order valence-corrected chi connectivity index (χ4v) is 6.72. The van der Waals surface area contributed by atoms with E-state index in [1.807, 2.05) is 80.9 Å². The quantitative estimate of drug-likeness (QED) is 0.248. The third-order valence-corrected chi connectivity index (χ3v) is 8.38. The van der Waals surface area contributed by atoms with Gasteiger partial charge in [0.1, 0.15) is 0 Å². The molecule has 0 radical (unpaired) electrons. The van der Waals surface area contributed by atoms with E-state index < -0.39 is 21.7 Å². The van der Waals surface area contributed by atoms with Crippen LogP contribution in [0.25, 0.3) is 22.0 Å². The molecule has 1 aromatic heterocycles. The van der Waals surface area contributed by atoms with Crippen molar-refractivity contribution >= 4 is 32.6 Å². The molecule has 37 heavy (non-hydrogen) atoms. The molecule has 192 valence electrons. The number of carbonyl (C=O) groups is 2. The fraction of sp³-hybridized carbons (Fsp3) is 0.241. The number of amides is 1. The summed E-state index contributed by atoms with van der Waals surface area (Å²) < 4.78 is 31.7. The molecule has 0 aliphatic rings. The minimum absolute atomic E-state index is 0.227. The molecule has 3 aromatic carbocycles. The average molecular weight is 518 g/mol. The maximum atomic E-state index is 13.4. The van der Waals surface area contributed by atoms with Crippen LogP contribution in [0.5, 0.6) is 0 Å². The van der Waals surface area contributed by atoms with Crippen molar-refractivity contribution in [1.29, 1.82) is 0 Å². The number of nitrogens with two attached hydrogens (primary N) is 1. The number of hydrogen-bond acceptors (Lipinski definition) is 4. The molecule has 4 rings (SSSR count). The molecule has 0 fully saturated rings. The number of aryl methyl sites for hydroxylation is 3. The van der Waals surface area contributed by atoms with Crippen LogP contribution < -0.4 is 10.5 Å². The molecule has 0 spiro atoms. The lowest BCUT2D eigenvalue weighted by molar-refractivity contribution is -0.114. The maximum absolute atomic E-state index is 13.4. The predicted octanol–water partition coefficient (Wildman–Crippen LogP) is 4.66. The Morgan fingerprint density at radius 2 is 1.65 bits per heavy atom. The third kappa shape index (κ3) is 5.35. The first-order chi connectivity index (χ1) is 17.5. The van der Waals surface area contributed by atoms with Gasteiger partial charge in [0.2, 0.25) is 15.8 Å². The summed E-state index contributed by atoms with van der Waals surface area (Å²) >= 11 is 0. The van der Waals surface area contributed by atoms with Gasteiger partial charge in [-0.2, -0.15) is 0 Å². The van der Waals surface area contributed by atoms with Gasteiger partial charge in [0, 0.05) is 40.8 Å². The Kier molecular flexibility index (Phi) is 7.34. The molecular formula is C29H31N3O4S.